The van der Waals surface area contributed by atoms with Crippen molar-refractivity contribution < 1.29 is 14.5 Å². The van der Waals surface area contributed by atoms with Crippen LogP contribution in [0.1, 0.15) is 18.9 Å². The third-order valence-corrected chi connectivity index (χ3v) is 5.10. The first-order valence-corrected chi connectivity index (χ1v) is 8.45. The molecule has 1 aromatic rings. The molecule has 8 heteroatoms. The fourth-order valence-corrected chi connectivity index (χ4v) is 3.97. The van der Waals surface area contributed by atoms with Crippen LogP contribution in [-0.2, 0) is 9.59 Å². The zero-order chi connectivity index (χ0) is 16.4. The Morgan fingerprint density at radius 2 is 2.23 bits per heavy atom. The van der Waals surface area contributed by atoms with E-state index in [2.05, 4.69) is 15.9 Å². The van der Waals surface area contributed by atoms with Gasteiger partial charge in [-0.2, -0.15) is 0 Å². The SMILES string of the molecule is CC(=O)SCC1CC(=O)N(c2c(C)cc([N+](=O)[O-])cc2Br)C1. The van der Waals surface area contributed by atoms with Crippen LogP contribution in [-0.4, -0.2) is 28.2 Å². The average Bonchev–Trinajstić information content (AvgIpc) is 2.77. The second-order valence-electron chi connectivity index (χ2n) is 5.23. The van der Waals surface area contributed by atoms with Gasteiger partial charge < -0.3 is 4.90 Å². The van der Waals surface area contributed by atoms with E-state index < -0.39 is 4.92 Å². The minimum absolute atomic E-state index is 0.0107. The predicted molar refractivity (Wildman–Crippen MR) is 89.1 cm³/mol. The molecular formula is C14H15BrN2O4S. The van der Waals surface area contributed by atoms with Gasteiger partial charge in [-0.05, 0) is 34.3 Å². The number of carbonyl (C=O) groups is 2. The Morgan fingerprint density at radius 3 is 2.77 bits per heavy atom. The molecule has 0 radical (unpaired) electrons. The maximum absolute atomic E-state index is 12.2. The van der Waals surface area contributed by atoms with Gasteiger partial charge >= 0.3 is 0 Å². The molecule has 1 atom stereocenters. The van der Waals surface area contributed by atoms with Gasteiger partial charge in [-0.1, -0.05) is 11.8 Å². The molecular weight excluding hydrogens is 372 g/mol. The second kappa shape index (κ2) is 6.78. The lowest BCUT2D eigenvalue weighted by molar-refractivity contribution is -0.385. The van der Waals surface area contributed by atoms with E-state index in [4.69, 9.17) is 0 Å². The van der Waals surface area contributed by atoms with Gasteiger partial charge in [-0.15, -0.1) is 0 Å². The van der Waals surface area contributed by atoms with Gasteiger partial charge in [-0.3, -0.25) is 19.7 Å². The van der Waals surface area contributed by atoms with Crippen molar-refractivity contribution in [3.63, 3.8) is 0 Å². The van der Waals surface area contributed by atoms with E-state index in [1.165, 1.54) is 30.8 Å². The first kappa shape index (κ1) is 17.0. The number of nitro benzene ring substituents is 1. The summed E-state index contributed by atoms with van der Waals surface area (Å²) in [6.45, 7) is 3.78. The molecule has 0 N–H and O–H groups in total. The molecule has 1 aliphatic heterocycles. The van der Waals surface area contributed by atoms with Crippen LogP contribution in [0.5, 0.6) is 0 Å². The molecule has 0 aliphatic carbocycles. The Morgan fingerprint density at radius 1 is 1.55 bits per heavy atom. The first-order valence-electron chi connectivity index (χ1n) is 6.68. The Bertz CT molecular complexity index is 627. The van der Waals surface area contributed by atoms with E-state index in [1.54, 1.807) is 11.8 Å². The lowest BCUT2D eigenvalue weighted by Gasteiger charge is -2.20. The summed E-state index contributed by atoms with van der Waals surface area (Å²) in [6, 6.07) is 2.87. The number of benzene rings is 1. The molecule has 1 aromatic carbocycles. The predicted octanol–water partition coefficient (Wildman–Crippen LogP) is 3.30. The van der Waals surface area contributed by atoms with Crippen molar-refractivity contribution in [3.05, 3.63) is 32.3 Å². The number of hydrogen-bond acceptors (Lipinski definition) is 5. The Hall–Kier alpha value is -1.41. The first-order chi connectivity index (χ1) is 10.3. The third kappa shape index (κ3) is 3.67. The van der Waals surface area contributed by atoms with Crippen molar-refractivity contribution in [3.8, 4) is 0 Å². The lowest BCUT2D eigenvalue weighted by Crippen LogP contribution is -2.26. The quantitative estimate of drug-likeness (QED) is 0.585. The van der Waals surface area contributed by atoms with Crippen molar-refractivity contribution in [2.75, 3.05) is 17.2 Å². The van der Waals surface area contributed by atoms with E-state index in [-0.39, 0.29) is 22.6 Å². The highest BCUT2D eigenvalue weighted by Crippen LogP contribution is 2.37. The Balaban J connectivity index is 2.23. The summed E-state index contributed by atoms with van der Waals surface area (Å²) in [6.07, 6.45) is 0.392. The molecule has 0 spiro atoms. The largest absolute Gasteiger partial charge is 0.311 e. The van der Waals surface area contributed by atoms with Gasteiger partial charge in [0.25, 0.3) is 5.69 Å². The molecule has 1 fully saturated rings. The van der Waals surface area contributed by atoms with Gasteiger partial charge in [-0.25, -0.2) is 0 Å². The standard InChI is InChI=1S/C14H15BrN2O4S/c1-8-3-11(17(20)21)5-12(15)14(8)16-6-10(4-13(16)19)7-22-9(2)18/h3,5,10H,4,6-7H2,1-2H3. The number of halogens is 1. The summed E-state index contributed by atoms with van der Waals surface area (Å²) in [7, 11) is 0. The number of nitro groups is 1. The number of carbonyl (C=O) groups excluding carboxylic acids is 2. The van der Waals surface area contributed by atoms with Crippen molar-refractivity contribution in [2.45, 2.75) is 20.3 Å². The number of rotatable bonds is 4. The number of amides is 1. The fourth-order valence-electron chi connectivity index (χ4n) is 2.51. The molecule has 22 heavy (non-hydrogen) atoms. The zero-order valence-corrected chi connectivity index (χ0v) is 14.6. The van der Waals surface area contributed by atoms with Crippen LogP contribution < -0.4 is 4.90 Å². The summed E-state index contributed by atoms with van der Waals surface area (Å²) in [5.74, 6) is 0.705. The van der Waals surface area contributed by atoms with Crippen LogP contribution in [0.4, 0.5) is 11.4 Å². The number of anilines is 1. The van der Waals surface area contributed by atoms with Crippen LogP contribution in [0.2, 0.25) is 0 Å². The van der Waals surface area contributed by atoms with E-state index in [1.807, 2.05) is 0 Å². The average molecular weight is 387 g/mol. The number of hydrogen-bond donors (Lipinski definition) is 0. The van der Waals surface area contributed by atoms with Crippen LogP contribution in [0.15, 0.2) is 16.6 Å². The van der Waals surface area contributed by atoms with E-state index in [9.17, 15) is 19.7 Å². The van der Waals surface area contributed by atoms with Crippen molar-refractivity contribution in [1.82, 2.24) is 0 Å². The molecule has 6 nitrogen and oxygen atoms in total. The highest BCUT2D eigenvalue weighted by molar-refractivity contribution is 9.10. The number of thioether (sulfide) groups is 1. The van der Waals surface area contributed by atoms with Crippen LogP contribution in [0.25, 0.3) is 0 Å². The minimum atomic E-state index is -0.459. The van der Waals surface area contributed by atoms with Crippen LogP contribution in [0, 0.1) is 23.0 Å². The minimum Gasteiger partial charge on any atom is -0.311 e. The fraction of sp³-hybridized carbons (Fsp3) is 0.429. The number of non-ortho nitro benzene ring substituents is 1. The summed E-state index contributed by atoms with van der Waals surface area (Å²) >= 11 is 4.55. The summed E-state index contributed by atoms with van der Waals surface area (Å²) in [5.41, 5.74) is 1.34. The number of nitrogens with zero attached hydrogens (tertiary/aromatic N) is 2. The summed E-state index contributed by atoms with van der Waals surface area (Å²) in [5, 5.41) is 10.9. The van der Waals surface area contributed by atoms with Crippen LogP contribution >= 0.6 is 27.7 Å². The van der Waals surface area contributed by atoms with Gasteiger partial charge in [0, 0.05) is 42.2 Å². The monoisotopic (exact) mass is 386 g/mol. The molecule has 0 saturated carbocycles. The molecule has 1 heterocycles. The van der Waals surface area contributed by atoms with E-state index >= 15 is 0 Å². The van der Waals surface area contributed by atoms with Crippen LogP contribution in [0.3, 0.4) is 0 Å². The zero-order valence-electron chi connectivity index (χ0n) is 12.2. The molecule has 2 rings (SSSR count). The smallest absolute Gasteiger partial charge is 0.270 e. The van der Waals surface area contributed by atoms with E-state index in [0.29, 0.717) is 34.4 Å². The summed E-state index contributed by atoms with van der Waals surface area (Å²) < 4.78 is 0.535. The van der Waals surface area contributed by atoms with Crippen molar-refractivity contribution >= 4 is 50.1 Å². The molecule has 1 unspecified atom stereocenters. The molecule has 118 valence electrons. The Labute approximate surface area is 140 Å². The highest BCUT2D eigenvalue weighted by atomic mass is 79.9. The molecule has 1 aliphatic rings. The number of aryl methyl sites for hydroxylation is 1. The maximum Gasteiger partial charge on any atom is 0.270 e. The van der Waals surface area contributed by atoms with Gasteiger partial charge in [0.2, 0.25) is 5.91 Å². The van der Waals surface area contributed by atoms with Crippen molar-refractivity contribution in [1.29, 1.82) is 0 Å². The van der Waals surface area contributed by atoms with Gasteiger partial charge in [0.05, 0.1) is 10.6 Å². The Kier molecular flexibility index (Phi) is 5.23. The lowest BCUT2D eigenvalue weighted by atomic mass is 10.1. The topological polar surface area (TPSA) is 80.5 Å². The third-order valence-electron chi connectivity index (χ3n) is 3.45. The second-order valence-corrected chi connectivity index (χ2v) is 7.28. The maximum atomic E-state index is 12.2. The highest BCUT2D eigenvalue weighted by Gasteiger charge is 2.33. The van der Waals surface area contributed by atoms with Gasteiger partial charge in [0.15, 0.2) is 5.12 Å². The molecule has 1 amide bonds. The van der Waals surface area contributed by atoms with Gasteiger partial charge in [0.1, 0.15) is 0 Å². The molecule has 0 aromatic heterocycles. The van der Waals surface area contributed by atoms with E-state index in [0.717, 1.165) is 0 Å². The molecule has 0 bridgehead atoms. The normalized spacial score (nSPS) is 17.9. The van der Waals surface area contributed by atoms with Crippen molar-refractivity contribution in [2.24, 2.45) is 5.92 Å². The molecule has 1 saturated heterocycles. The summed E-state index contributed by atoms with van der Waals surface area (Å²) in [4.78, 5) is 35.3.